The Labute approximate surface area is 250 Å². The monoisotopic (exact) mass is 576 g/mol. The van der Waals surface area contributed by atoms with Crippen LogP contribution in [0.1, 0.15) is 90.7 Å². The Hall–Kier alpha value is -3.12. The van der Waals surface area contributed by atoms with Crippen molar-refractivity contribution < 1.29 is 14.6 Å². The van der Waals surface area contributed by atoms with Gasteiger partial charge < -0.3 is 29.9 Å². The lowest BCUT2D eigenvalue weighted by molar-refractivity contribution is 0.0845. The molecule has 0 atom stereocenters. The number of nitrogens with one attached hydrogen (secondary N) is 2. The molecule has 0 saturated carbocycles. The van der Waals surface area contributed by atoms with Crippen molar-refractivity contribution in [1.29, 1.82) is 0 Å². The van der Waals surface area contributed by atoms with Crippen LogP contribution in [0.25, 0.3) is 0 Å². The number of nitrogens with zero attached hydrogens (tertiary/aromatic N) is 2. The molecule has 4 rings (SSSR count). The predicted molar refractivity (Wildman–Crippen MR) is 168 cm³/mol. The Bertz CT molecular complexity index is 1340. The smallest absolute Gasteiger partial charge is 0.253 e. The van der Waals surface area contributed by atoms with Crippen molar-refractivity contribution in [3.05, 3.63) is 62.1 Å². The molecule has 3 heterocycles. The number of benzene rings is 1. The maximum absolute atomic E-state index is 13.8. The first-order valence-corrected chi connectivity index (χ1v) is 15.6. The number of ether oxygens (including phenoxy) is 1. The van der Waals surface area contributed by atoms with Gasteiger partial charge in [-0.15, -0.1) is 0 Å². The maximum atomic E-state index is 13.8. The summed E-state index contributed by atoms with van der Waals surface area (Å²) in [6, 6.07) is 6.38. The largest absolute Gasteiger partial charge is 0.395 e. The van der Waals surface area contributed by atoms with E-state index in [-0.39, 0.29) is 30.5 Å². The molecule has 8 heteroatoms. The van der Waals surface area contributed by atoms with Crippen LogP contribution < -0.4 is 15.8 Å². The second-order valence-corrected chi connectivity index (χ2v) is 12.0. The number of piperidine rings is 1. The third kappa shape index (κ3) is 7.83. The van der Waals surface area contributed by atoms with E-state index in [1.165, 1.54) is 0 Å². The number of aromatic nitrogens is 1. The number of anilines is 1. The van der Waals surface area contributed by atoms with E-state index in [0.29, 0.717) is 29.6 Å². The van der Waals surface area contributed by atoms with Gasteiger partial charge in [-0.25, -0.2) is 0 Å². The zero-order valence-corrected chi connectivity index (χ0v) is 26.0. The van der Waals surface area contributed by atoms with Crippen molar-refractivity contribution in [3.8, 4) is 11.8 Å². The summed E-state index contributed by atoms with van der Waals surface area (Å²) >= 11 is 0. The molecular weight excluding hydrogens is 528 g/mol. The summed E-state index contributed by atoms with van der Waals surface area (Å²) in [5.41, 5.74) is 5.60. The van der Waals surface area contributed by atoms with Gasteiger partial charge in [0.25, 0.3) is 11.5 Å². The van der Waals surface area contributed by atoms with Crippen LogP contribution in [-0.2, 0) is 11.3 Å². The molecule has 1 amide bonds. The van der Waals surface area contributed by atoms with E-state index in [2.05, 4.69) is 58.8 Å². The SMILES string of the molecule is CCN(c1cc(C#CC2CCN(CCO)CC2)cc(C(=O)NCc2c(C(C)C)cc(C)[nH]c2=O)c1C)C1CCOCC1. The van der Waals surface area contributed by atoms with E-state index in [4.69, 9.17) is 4.74 Å². The van der Waals surface area contributed by atoms with Crippen LogP contribution in [0.2, 0.25) is 0 Å². The highest BCUT2D eigenvalue weighted by Crippen LogP contribution is 2.30. The Balaban J connectivity index is 1.64. The van der Waals surface area contributed by atoms with Gasteiger partial charge in [0.1, 0.15) is 0 Å². The fourth-order valence-corrected chi connectivity index (χ4v) is 6.26. The third-order valence-corrected chi connectivity index (χ3v) is 8.68. The highest BCUT2D eigenvalue weighted by molar-refractivity contribution is 5.97. The van der Waals surface area contributed by atoms with E-state index in [1.54, 1.807) is 0 Å². The van der Waals surface area contributed by atoms with Crippen LogP contribution in [0.5, 0.6) is 0 Å². The number of carbonyl (C=O) groups excluding carboxylic acids is 1. The summed E-state index contributed by atoms with van der Waals surface area (Å²) in [5, 5.41) is 12.3. The summed E-state index contributed by atoms with van der Waals surface area (Å²) in [6.45, 7) is 15.4. The van der Waals surface area contributed by atoms with Crippen LogP contribution in [-0.4, -0.2) is 72.9 Å². The second kappa shape index (κ2) is 14.9. The molecule has 0 unspecified atom stereocenters. The van der Waals surface area contributed by atoms with Crippen molar-refractivity contribution in [3.63, 3.8) is 0 Å². The molecule has 8 nitrogen and oxygen atoms in total. The van der Waals surface area contributed by atoms with Crippen molar-refractivity contribution in [2.45, 2.75) is 78.8 Å². The number of pyridine rings is 1. The van der Waals surface area contributed by atoms with E-state index < -0.39 is 0 Å². The molecule has 0 aliphatic carbocycles. The lowest BCUT2D eigenvalue weighted by atomic mass is 9.95. The van der Waals surface area contributed by atoms with Gasteiger partial charge in [0, 0.05) is 72.9 Å². The minimum atomic E-state index is -0.201. The number of β-amino-alcohol motifs (C(OH)–C–C–N with tert-alkyl or cyclic N) is 1. The molecule has 42 heavy (non-hydrogen) atoms. The number of carbonyl (C=O) groups is 1. The molecule has 1 aromatic heterocycles. The van der Waals surface area contributed by atoms with Gasteiger partial charge in [-0.05, 0) is 94.8 Å². The Morgan fingerprint density at radius 1 is 1.17 bits per heavy atom. The first-order chi connectivity index (χ1) is 20.2. The number of aromatic amines is 1. The molecule has 228 valence electrons. The van der Waals surface area contributed by atoms with Crippen molar-refractivity contribution in [2.24, 2.45) is 5.92 Å². The summed E-state index contributed by atoms with van der Waals surface area (Å²) in [4.78, 5) is 34.1. The van der Waals surface area contributed by atoms with Crippen LogP contribution >= 0.6 is 0 Å². The summed E-state index contributed by atoms with van der Waals surface area (Å²) in [5.74, 6) is 7.16. The molecule has 3 N–H and O–H groups in total. The van der Waals surface area contributed by atoms with Crippen LogP contribution in [0.15, 0.2) is 23.0 Å². The zero-order chi connectivity index (χ0) is 30.2. The van der Waals surface area contributed by atoms with Gasteiger partial charge in [0.15, 0.2) is 0 Å². The summed E-state index contributed by atoms with van der Waals surface area (Å²) in [6.07, 6.45) is 3.85. The van der Waals surface area contributed by atoms with Gasteiger partial charge >= 0.3 is 0 Å². The Morgan fingerprint density at radius 3 is 2.52 bits per heavy atom. The molecule has 1 aromatic carbocycles. The standard InChI is InChI=1S/C34H48N4O4/c1-6-38(28-11-17-42-18-12-28)32-21-27(8-7-26-9-13-37(14-10-26)15-16-39)20-30(25(32)5)33(40)35-22-31-29(23(2)3)19-24(4)36-34(31)41/h19-21,23,26,28,39H,6,9-18,22H2,1-5H3,(H,35,40)(H,36,41). The second-order valence-electron chi connectivity index (χ2n) is 12.0. The number of aliphatic hydroxyl groups excluding tert-OH is 1. The van der Waals surface area contributed by atoms with Crippen molar-refractivity contribution >= 4 is 11.6 Å². The summed E-state index contributed by atoms with van der Waals surface area (Å²) in [7, 11) is 0. The van der Waals surface area contributed by atoms with Gasteiger partial charge in [-0.1, -0.05) is 25.7 Å². The Kier molecular flexibility index (Phi) is 11.3. The highest BCUT2D eigenvalue weighted by atomic mass is 16.5. The number of aliphatic hydroxyl groups is 1. The number of hydrogen-bond acceptors (Lipinski definition) is 6. The number of amides is 1. The lowest BCUT2D eigenvalue weighted by Gasteiger charge is -2.36. The number of likely N-dealkylation sites (tertiary alicyclic amines) is 1. The lowest BCUT2D eigenvalue weighted by Crippen LogP contribution is -2.40. The summed E-state index contributed by atoms with van der Waals surface area (Å²) < 4.78 is 5.63. The first kappa shape index (κ1) is 31.8. The number of hydrogen-bond donors (Lipinski definition) is 3. The van der Waals surface area contributed by atoms with E-state index in [9.17, 15) is 14.7 Å². The molecule has 2 aliphatic heterocycles. The van der Waals surface area contributed by atoms with Crippen molar-refractivity contribution in [1.82, 2.24) is 15.2 Å². The van der Waals surface area contributed by atoms with Crippen LogP contribution in [0.3, 0.4) is 0 Å². The highest BCUT2D eigenvalue weighted by Gasteiger charge is 2.25. The fourth-order valence-electron chi connectivity index (χ4n) is 6.26. The average Bonchev–Trinajstić information content (AvgIpc) is 2.98. The van der Waals surface area contributed by atoms with E-state index in [0.717, 1.165) is 86.6 Å². The normalized spacial score (nSPS) is 16.7. The minimum Gasteiger partial charge on any atom is -0.395 e. The molecule has 2 fully saturated rings. The molecule has 2 aliphatic rings. The molecule has 0 bridgehead atoms. The number of rotatable bonds is 9. The molecule has 2 aromatic rings. The maximum Gasteiger partial charge on any atom is 0.253 e. The van der Waals surface area contributed by atoms with Crippen LogP contribution in [0.4, 0.5) is 5.69 Å². The topological polar surface area (TPSA) is 97.9 Å². The quantitative estimate of drug-likeness (QED) is 0.389. The molecule has 0 spiro atoms. The molecule has 2 saturated heterocycles. The van der Waals surface area contributed by atoms with E-state index >= 15 is 0 Å². The number of aryl methyl sites for hydroxylation is 1. The predicted octanol–water partition coefficient (Wildman–Crippen LogP) is 4.11. The third-order valence-electron chi connectivity index (χ3n) is 8.68. The minimum absolute atomic E-state index is 0.155. The molecule has 0 radical (unpaired) electrons. The number of H-pyrrole nitrogens is 1. The van der Waals surface area contributed by atoms with Gasteiger partial charge in [-0.3, -0.25) is 9.59 Å². The van der Waals surface area contributed by atoms with Gasteiger partial charge in [0.2, 0.25) is 0 Å². The van der Waals surface area contributed by atoms with Crippen molar-refractivity contribution in [2.75, 3.05) is 50.9 Å². The van der Waals surface area contributed by atoms with E-state index in [1.807, 2.05) is 26.0 Å². The Morgan fingerprint density at radius 2 is 1.88 bits per heavy atom. The van der Waals surface area contributed by atoms with Crippen LogP contribution in [0, 0.1) is 31.6 Å². The van der Waals surface area contributed by atoms with Gasteiger partial charge in [0.05, 0.1) is 6.61 Å². The first-order valence-electron chi connectivity index (χ1n) is 15.6. The fraction of sp³-hybridized carbons (Fsp3) is 0.588. The van der Waals surface area contributed by atoms with Gasteiger partial charge in [-0.2, -0.15) is 0 Å². The zero-order valence-electron chi connectivity index (χ0n) is 26.0. The molecular formula is C34H48N4O4. The average molecular weight is 577 g/mol.